The molecule has 3 unspecified atom stereocenters. The van der Waals surface area contributed by atoms with Crippen LogP contribution in [-0.2, 0) is 13.8 Å². The van der Waals surface area contributed by atoms with Crippen LogP contribution in [0.15, 0.2) is 17.1 Å². The molecule has 256 valence electrons. The first-order valence-corrected chi connectivity index (χ1v) is 19.5. The van der Waals surface area contributed by atoms with Gasteiger partial charge in [0.25, 0.3) is 7.52 Å². The molecule has 2 heterocycles. The summed E-state index contributed by atoms with van der Waals surface area (Å²) in [4.78, 5) is 19.4. The van der Waals surface area contributed by atoms with Crippen LogP contribution in [0.2, 0.25) is 0 Å². The molecule has 1 fully saturated rings. The van der Waals surface area contributed by atoms with Crippen molar-refractivity contribution in [1.82, 2.24) is 19.1 Å². The van der Waals surface area contributed by atoms with Crippen molar-refractivity contribution in [3.63, 3.8) is 0 Å². The summed E-state index contributed by atoms with van der Waals surface area (Å²) in [5.41, 5.74) is 5.34. The molecule has 1 aliphatic rings. The van der Waals surface area contributed by atoms with E-state index in [9.17, 15) is 9.36 Å². The van der Waals surface area contributed by atoms with Gasteiger partial charge in [0.1, 0.15) is 5.82 Å². The van der Waals surface area contributed by atoms with E-state index in [1.54, 1.807) is 21.5 Å². The number of nitrogens with zero attached hydrogens (tertiary/aromatic N) is 4. The van der Waals surface area contributed by atoms with Crippen molar-refractivity contribution in [2.45, 2.75) is 161 Å². The largest absolute Gasteiger partial charge is 0.383 e. The number of nitrogens with two attached hydrogens (primary N) is 1. The van der Waals surface area contributed by atoms with Crippen LogP contribution in [-0.4, -0.2) is 70.7 Å². The van der Waals surface area contributed by atoms with E-state index in [2.05, 4.69) is 37.6 Å². The Morgan fingerprint density at radius 3 is 2.02 bits per heavy atom. The van der Waals surface area contributed by atoms with Gasteiger partial charge < -0.3 is 15.0 Å². The second kappa shape index (κ2) is 21.5. The Bertz CT molecular complexity index is 1010. The van der Waals surface area contributed by atoms with E-state index in [0.29, 0.717) is 19.1 Å². The number of morpholine rings is 1. The van der Waals surface area contributed by atoms with Gasteiger partial charge in [-0.15, -0.1) is 0 Å². The molecule has 10 heteroatoms. The molecule has 0 bridgehead atoms. The Morgan fingerprint density at radius 2 is 1.48 bits per heavy atom. The lowest BCUT2D eigenvalue weighted by atomic mass is 9.98. The SMILES string of the molecule is CCCCCCCC(CCCCCC)N1C[C@@H](COP(=O)(C(C)CCCCCCC)N(C)C)O[C@@H](n2ccc(N)nc2=O)C1. The minimum absolute atomic E-state index is 0.0621. The Balaban J connectivity index is 2.22. The second-order valence-electron chi connectivity index (χ2n) is 13.2. The first kappa shape index (κ1) is 38.9. The third-order valence-electron chi connectivity index (χ3n) is 9.17. The highest BCUT2D eigenvalue weighted by Gasteiger charge is 2.38. The third-order valence-corrected chi connectivity index (χ3v) is 12.2. The van der Waals surface area contributed by atoms with E-state index >= 15 is 0 Å². The maximum Gasteiger partial charge on any atom is 0.351 e. The molecule has 0 radical (unpaired) electrons. The van der Waals surface area contributed by atoms with Crippen molar-refractivity contribution < 1.29 is 13.8 Å². The van der Waals surface area contributed by atoms with Gasteiger partial charge in [0.15, 0.2) is 6.23 Å². The summed E-state index contributed by atoms with van der Waals surface area (Å²) < 4.78 is 30.5. The number of nitrogen functional groups attached to an aromatic ring is 1. The zero-order chi connectivity index (χ0) is 32.4. The minimum Gasteiger partial charge on any atom is -0.383 e. The zero-order valence-corrected chi connectivity index (χ0v) is 29.9. The van der Waals surface area contributed by atoms with E-state index < -0.39 is 19.4 Å². The lowest BCUT2D eigenvalue weighted by Gasteiger charge is -2.43. The number of anilines is 1. The van der Waals surface area contributed by atoms with E-state index in [0.717, 1.165) is 32.1 Å². The molecule has 1 aromatic heterocycles. The fourth-order valence-corrected chi connectivity index (χ4v) is 8.53. The lowest BCUT2D eigenvalue weighted by Crippen LogP contribution is -2.52. The summed E-state index contributed by atoms with van der Waals surface area (Å²) in [5.74, 6) is 0.204. The highest BCUT2D eigenvalue weighted by Crippen LogP contribution is 2.55. The highest BCUT2D eigenvalue weighted by atomic mass is 31.2. The Kier molecular flexibility index (Phi) is 19.0. The van der Waals surface area contributed by atoms with Crippen molar-refractivity contribution in [2.75, 3.05) is 39.5 Å². The zero-order valence-electron chi connectivity index (χ0n) is 29.1. The molecule has 0 saturated carbocycles. The van der Waals surface area contributed by atoms with Crippen LogP contribution in [0.25, 0.3) is 0 Å². The summed E-state index contributed by atoms with van der Waals surface area (Å²) in [6, 6.07) is 2.05. The maximum atomic E-state index is 14.2. The van der Waals surface area contributed by atoms with Gasteiger partial charge in [0.2, 0.25) is 0 Å². The first-order valence-electron chi connectivity index (χ1n) is 17.8. The molecule has 1 aromatic rings. The van der Waals surface area contributed by atoms with Gasteiger partial charge in [-0.05, 0) is 39.4 Å². The lowest BCUT2D eigenvalue weighted by molar-refractivity contribution is -0.143. The molecule has 0 amide bonds. The molecule has 0 aromatic carbocycles. The molecule has 5 atom stereocenters. The van der Waals surface area contributed by atoms with Gasteiger partial charge in [-0.2, -0.15) is 4.98 Å². The van der Waals surface area contributed by atoms with E-state index in [-0.39, 0.29) is 24.2 Å². The molecule has 0 spiro atoms. The number of rotatable bonds is 24. The minimum atomic E-state index is -3.07. The van der Waals surface area contributed by atoms with Gasteiger partial charge >= 0.3 is 5.69 Å². The Labute approximate surface area is 269 Å². The quantitative estimate of drug-likeness (QED) is 0.0891. The Hall–Kier alpha value is -1.25. The van der Waals surface area contributed by atoms with Gasteiger partial charge in [-0.3, -0.25) is 14.0 Å². The van der Waals surface area contributed by atoms with Crippen molar-refractivity contribution in [2.24, 2.45) is 0 Å². The van der Waals surface area contributed by atoms with Crippen molar-refractivity contribution in [3.05, 3.63) is 22.7 Å². The number of unbranched alkanes of at least 4 members (excludes halogenated alkanes) is 11. The van der Waals surface area contributed by atoms with Gasteiger partial charge in [-0.25, -0.2) is 9.46 Å². The van der Waals surface area contributed by atoms with E-state index in [4.69, 9.17) is 15.0 Å². The van der Waals surface area contributed by atoms with Gasteiger partial charge in [0, 0.05) is 31.0 Å². The normalized spacial score (nSPS) is 20.5. The van der Waals surface area contributed by atoms with Gasteiger partial charge in [-0.1, -0.05) is 118 Å². The van der Waals surface area contributed by atoms with Crippen molar-refractivity contribution in [3.8, 4) is 0 Å². The average molecular weight is 640 g/mol. The van der Waals surface area contributed by atoms with Crippen LogP contribution in [0, 0.1) is 0 Å². The first-order chi connectivity index (χ1) is 21.2. The molecule has 44 heavy (non-hydrogen) atoms. The average Bonchev–Trinajstić information content (AvgIpc) is 3.00. The molecule has 0 aliphatic carbocycles. The van der Waals surface area contributed by atoms with E-state index in [1.807, 2.05) is 14.1 Å². The number of ether oxygens (including phenoxy) is 1. The predicted molar refractivity (Wildman–Crippen MR) is 184 cm³/mol. The summed E-state index contributed by atoms with van der Waals surface area (Å²) in [5, 5.41) is 0. The highest BCUT2D eigenvalue weighted by molar-refractivity contribution is 7.57. The Morgan fingerprint density at radius 1 is 0.932 bits per heavy atom. The van der Waals surface area contributed by atoms with Crippen LogP contribution < -0.4 is 11.4 Å². The molecular weight excluding hydrogens is 573 g/mol. The van der Waals surface area contributed by atoms with Crippen LogP contribution in [0.4, 0.5) is 5.82 Å². The van der Waals surface area contributed by atoms with Crippen molar-refractivity contribution in [1.29, 1.82) is 0 Å². The fraction of sp³-hybridized carbons (Fsp3) is 0.882. The van der Waals surface area contributed by atoms with Crippen LogP contribution >= 0.6 is 7.52 Å². The smallest absolute Gasteiger partial charge is 0.351 e. The monoisotopic (exact) mass is 639 g/mol. The summed E-state index contributed by atoms with van der Waals surface area (Å²) in [7, 11) is 0.641. The standard InChI is InChI=1S/C34H66N5O4P/c1-7-10-13-16-18-21-29(4)44(41,37(5)6)42-28-31-26-38(27-33(43-31)39-25-24-32(35)36-34(39)40)30(22-19-15-12-9-3)23-20-17-14-11-8-2/h24-25,29-31,33H,7-23,26-28H2,1-6H3,(H2,35,36,40)/t29?,30?,31-,33+,44?/m0/s1. The molecule has 9 nitrogen and oxygen atoms in total. The van der Waals surface area contributed by atoms with Crippen molar-refractivity contribution >= 4 is 13.3 Å². The van der Waals surface area contributed by atoms with E-state index in [1.165, 1.54) is 77.0 Å². The van der Waals surface area contributed by atoms with Crippen LogP contribution in [0.3, 0.4) is 0 Å². The van der Waals surface area contributed by atoms with Crippen LogP contribution in [0.1, 0.15) is 143 Å². The summed E-state index contributed by atoms with van der Waals surface area (Å²) in [6.45, 7) is 10.3. The molecular formula is C34H66N5O4P. The number of hydrogen-bond donors (Lipinski definition) is 1. The number of aromatic nitrogens is 2. The number of hydrogen-bond acceptors (Lipinski definition) is 7. The molecule has 2 rings (SSSR count). The maximum absolute atomic E-state index is 14.2. The van der Waals surface area contributed by atoms with Crippen LogP contribution in [0.5, 0.6) is 0 Å². The van der Waals surface area contributed by atoms with Gasteiger partial charge in [0.05, 0.1) is 12.7 Å². The summed E-state index contributed by atoms with van der Waals surface area (Å²) >= 11 is 0. The molecule has 2 N–H and O–H groups in total. The second-order valence-corrected chi connectivity index (χ2v) is 16.2. The predicted octanol–water partition coefficient (Wildman–Crippen LogP) is 8.24. The molecule has 1 aliphatic heterocycles. The fourth-order valence-electron chi connectivity index (χ4n) is 6.37. The molecule has 1 saturated heterocycles. The summed E-state index contributed by atoms with van der Waals surface area (Å²) in [6.07, 6.45) is 21.1. The third kappa shape index (κ3) is 13.2. The topological polar surface area (TPSA) is 103 Å².